The quantitative estimate of drug-likeness (QED) is 0.689. The highest BCUT2D eigenvalue weighted by molar-refractivity contribution is 5.83. The fraction of sp³-hybridized carbons (Fsp3) is 0.579. The molecule has 0 unspecified atom stereocenters. The van der Waals surface area contributed by atoms with Gasteiger partial charge in [-0.2, -0.15) is 0 Å². The molecule has 138 valence electrons. The molecule has 0 aromatic heterocycles. The number of likely N-dealkylation sites (tertiary alicyclic amines) is 1. The first-order valence-electron chi connectivity index (χ1n) is 8.82. The second-order valence-electron chi connectivity index (χ2n) is 6.27. The average molecular weight is 348 g/mol. The standard InChI is InChI=1S/C19H28N2O4/c1-24-13-12-21-14-16(9-10-18(21)22)19(23)20-11-5-7-15-6-3-4-8-17(15)25-2/h3-4,6,8,16H,5,7,9-14H2,1-2H3,(H,20,23)/t16-/m0/s1. The predicted octanol–water partition coefficient (Wildman–Crippen LogP) is 1.63. The van der Waals surface area contributed by atoms with Crippen LogP contribution in [0.1, 0.15) is 24.8 Å². The van der Waals surface area contributed by atoms with Crippen molar-refractivity contribution in [3.63, 3.8) is 0 Å². The van der Waals surface area contributed by atoms with E-state index in [-0.39, 0.29) is 17.7 Å². The number of hydrogen-bond acceptors (Lipinski definition) is 4. The molecule has 1 aromatic rings. The predicted molar refractivity (Wildman–Crippen MR) is 95.5 cm³/mol. The minimum Gasteiger partial charge on any atom is -0.496 e. The zero-order valence-corrected chi connectivity index (χ0v) is 15.1. The van der Waals surface area contributed by atoms with Crippen LogP contribution in [0.5, 0.6) is 5.75 Å². The van der Waals surface area contributed by atoms with E-state index in [9.17, 15) is 9.59 Å². The van der Waals surface area contributed by atoms with Gasteiger partial charge >= 0.3 is 0 Å². The summed E-state index contributed by atoms with van der Waals surface area (Å²) in [6.07, 6.45) is 2.77. The molecule has 1 atom stereocenters. The molecule has 0 aliphatic carbocycles. The average Bonchev–Trinajstić information content (AvgIpc) is 2.64. The van der Waals surface area contributed by atoms with Gasteiger partial charge < -0.3 is 19.7 Å². The Morgan fingerprint density at radius 3 is 2.88 bits per heavy atom. The van der Waals surface area contributed by atoms with E-state index in [1.165, 1.54) is 0 Å². The van der Waals surface area contributed by atoms with Crippen LogP contribution in [0.2, 0.25) is 0 Å². The summed E-state index contributed by atoms with van der Waals surface area (Å²) in [5.41, 5.74) is 1.15. The van der Waals surface area contributed by atoms with Crippen LogP contribution in [0.25, 0.3) is 0 Å². The van der Waals surface area contributed by atoms with E-state index in [1.807, 2.05) is 24.3 Å². The van der Waals surface area contributed by atoms with Gasteiger partial charge in [-0.15, -0.1) is 0 Å². The first-order chi connectivity index (χ1) is 12.2. The molecule has 1 aliphatic rings. The van der Waals surface area contributed by atoms with Crippen molar-refractivity contribution in [1.29, 1.82) is 0 Å². The van der Waals surface area contributed by atoms with Crippen LogP contribution in [0.15, 0.2) is 24.3 Å². The normalized spacial score (nSPS) is 17.4. The van der Waals surface area contributed by atoms with Crippen LogP contribution < -0.4 is 10.1 Å². The van der Waals surface area contributed by atoms with E-state index in [4.69, 9.17) is 9.47 Å². The maximum Gasteiger partial charge on any atom is 0.224 e. The van der Waals surface area contributed by atoms with Gasteiger partial charge in [0.05, 0.1) is 19.6 Å². The van der Waals surface area contributed by atoms with Crippen molar-refractivity contribution in [3.05, 3.63) is 29.8 Å². The molecular formula is C19H28N2O4. The zero-order valence-electron chi connectivity index (χ0n) is 15.1. The number of carbonyl (C=O) groups is 2. The Bertz CT molecular complexity index is 576. The summed E-state index contributed by atoms with van der Waals surface area (Å²) in [5.74, 6) is 0.904. The van der Waals surface area contributed by atoms with Crippen molar-refractivity contribution in [2.24, 2.45) is 5.92 Å². The van der Waals surface area contributed by atoms with E-state index in [1.54, 1.807) is 19.1 Å². The van der Waals surface area contributed by atoms with Crippen LogP contribution in [0.3, 0.4) is 0 Å². The molecule has 2 rings (SSSR count). The molecule has 1 saturated heterocycles. The molecule has 0 spiro atoms. The Kier molecular flexibility index (Phi) is 7.73. The minimum atomic E-state index is -0.124. The number of methoxy groups -OCH3 is 2. The monoisotopic (exact) mass is 348 g/mol. The Morgan fingerprint density at radius 2 is 2.12 bits per heavy atom. The molecule has 0 radical (unpaired) electrons. The number of amides is 2. The summed E-state index contributed by atoms with van der Waals surface area (Å²) in [5, 5.41) is 3.00. The maximum atomic E-state index is 12.4. The highest BCUT2D eigenvalue weighted by Gasteiger charge is 2.29. The summed E-state index contributed by atoms with van der Waals surface area (Å²) in [6.45, 7) is 2.16. The van der Waals surface area contributed by atoms with Crippen LogP contribution in [-0.2, 0) is 20.7 Å². The number of rotatable bonds is 9. The smallest absolute Gasteiger partial charge is 0.224 e. The first-order valence-corrected chi connectivity index (χ1v) is 8.82. The lowest BCUT2D eigenvalue weighted by Crippen LogP contribution is -2.46. The maximum absolute atomic E-state index is 12.4. The number of benzene rings is 1. The van der Waals surface area contributed by atoms with Gasteiger partial charge in [-0.3, -0.25) is 9.59 Å². The van der Waals surface area contributed by atoms with E-state index < -0.39 is 0 Å². The van der Waals surface area contributed by atoms with Crippen molar-refractivity contribution in [1.82, 2.24) is 10.2 Å². The van der Waals surface area contributed by atoms with Gasteiger partial charge in [-0.05, 0) is 30.9 Å². The number of ether oxygens (including phenoxy) is 2. The fourth-order valence-corrected chi connectivity index (χ4v) is 3.09. The summed E-state index contributed by atoms with van der Waals surface area (Å²) in [6, 6.07) is 7.93. The van der Waals surface area contributed by atoms with E-state index in [0.29, 0.717) is 39.1 Å². The highest BCUT2D eigenvalue weighted by atomic mass is 16.5. The second-order valence-corrected chi connectivity index (χ2v) is 6.27. The number of aryl methyl sites for hydroxylation is 1. The largest absolute Gasteiger partial charge is 0.496 e. The van der Waals surface area contributed by atoms with E-state index in [2.05, 4.69) is 5.32 Å². The van der Waals surface area contributed by atoms with Crippen LogP contribution in [0.4, 0.5) is 0 Å². The topological polar surface area (TPSA) is 67.9 Å². The Morgan fingerprint density at radius 1 is 1.32 bits per heavy atom. The zero-order chi connectivity index (χ0) is 18.1. The lowest BCUT2D eigenvalue weighted by atomic mass is 9.96. The lowest BCUT2D eigenvalue weighted by molar-refractivity contribution is -0.138. The third kappa shape index (κ3) is 5.74. The third-order valence-corrected chi connectivity index (χ3v) is 4.55. The van der Waals surface area contributed by atoms with Gasteiger partial charge in [0.1, 0.15) is 5.75 Å². The number of piperidine rings is 1. The number of para-hydroxylation sites is 1. The lowest BCUT2D eigenvalue weighted by Gasteiger charge is -2.31. The van der Waals surface area contributed by atoms with Gasteiger partial charge in [0.25, 0.3) is 0 Å². The first kappa shape index (κ1) is 19.2. The summed E-state index contributed by atoms with van der Waals surface area (Å²) < 4.78 is 10.4. The number of nitrogens with zero attached hydrogens (tertiary/aromatic N) is 1. The summed E-state index contributed by atoms with van der Waals surface area (Å²) >= 11 is 0. The second kappa shape index (κ2) is 10.0. The minimum absolute atomic E-state index is 0.0370. The Hall–Kier alpha value is -2.08. The van der Waals surface area contributed by atoms with Crippen molar-refractivity contribution < 1.29 is 19.1 Å². The van der Waals surface area contributed by atoms with Gasteiger partial charge in [0.2, 0.25) is 11.8 Å². The molecule has 0 saturated carbocycles. The molecule has 1 aromatic carbocycles. The van der Waals surface area contributed by atoms with Crippen molar-refractivity contribution in [2.45, 2.75) is 25.7 Å². The molecule has 6 nitrogen and oxygen atoms in total. The molecule has 1 aliphatic heterocycles. The Labute approximate surface area is 149 Å². The molecule has 2 amide bonds. The molecule has 6 heteroatoms. The van der Waals surface area contributed by atoms with Crippen molar-refractivity contribution >= 4 is 11.8 Å². The Balaban J connectivity index is 1.73. The SMILES string of the molecule is COCCN1C[C@@H](C(=O)NCCCc2ccccc2OC)CCC1=O. The molecule has 25 heavy (non-hydrogen) atoms. The molecule has 1 heterocycles. The van der Waals surface area contributed by atoms with Gasteiger partial charge in [-0.25, -0.2) is 0 Å². The van der Waals surface area contributed by atoms with Gasteiger partial charge in [0, 0.05) is 33.2 Å². The fourth-order valence-electron chi connectivity index (χ4n) is 3.09. The van der Waals surface area contributed by atoms with Crippen molar-refractivity contribution in [2.75, 3.05) is 40.5 Å². The molecular weight excluding hydrogens is 320 g/mol. The molecule has 0 bridgehead atoms. The third-order valence-electron chi connectivity index (χ3n) is 4.55. The summed E-state index contributed by atoms with van der Waals surface area (Å²) in [7, 11) is 3.28. The van der Waals surface area contributed by atoms with Crippen LogP contribution in [0, 0.1) is 5.92 Å². The van der Waals surface area contributed by atoms with E-state index in [0.717, 1.165) is 24.2 Å². The number of hydrogen-bond donors (Lipinski definition) is 1. The molecule has 1 N–H and O–H groups in total. The molecule has 1 fully saturated rings. The van der Waals surface area contributed by atoms with Gasteiger partial charge in [-0.1, -0.05) is 18.2 Å². The summed E-state index contributed by atoms with van der Waals surface area (Å²) in [4.78, 5) is 26.0. The van der Waals surface area contributed by atoms with Crippen molar-refractivity contribution in [3.8, 4) is 5.75 Å². The number of carbonyl (C=O) groups excluding carboxylic acids is 2. The van der Waals surface area contributed by atoms with Crippen LogP contribution in [-0.4, -0.2) is 57.2 Å². The van der Waals surface area contributed by atoms with E-state index >= 15 is 0 Å². The highest BCUT2D eigenvalue weighted by Crippen LogP contribution is 2.19. The van der Waals surface area contributed by atoms with Gasteiger partial charge in [0.15, 0.2) is 0 Å². The van der Waals surface area contributed by atoms with Crippen LogP contribution >= 0.6 is 0 Å². The number of nitrogens with one attached hydrogen (secondary N) is 1.